The van der Waals surface area contributed by atoms with E-state index in [-0.39, 0.29) is 5.79 Å². The molecule has 2 nitrogen and oxygen atoms in total. The molecule has 2 atom stereocenters. The van der Waals surface area contributed by atoms with Gasteiger partial charge in [0.05, 0.1) is 6.10 Å². The van der Waals surface area contributed by atoms with Crippen LogP contribution >= 0.6 is 0 Å². The van der Waals surface area contributed by atoms with Crippen molar-refractivity contribution in [2.75, 3.05) is 0 Å². The lowest BCUT2D eigenvalue weighted by Gasteiger charge is -2.44. The van der Waals surface area contributed by atoms with Gasteiger partial charge in [-0.15, -0.1) is 0 Å². The molecule has 3 heteroatoms. The first kappa shape index (κ1) is 8.72. The van der Waals surface area contributed by atoms with Gasteiger partial charge in [-0.3, -0.25) is 0 Å². The molecule has 0 N–H and O–H groups in total. The molecule has 2 fully saturated rings. The molecule has 2 bridgehead atoms. The summed E-state index contributed by atoms with van der Waals surface area (Å²) in [6.07, 6.45) is 4.08. The van der Waals surface area contributed by atoms with Gasteiger partial charge in [0.1, 0.15) is 0 Å². The van der Waals surface area contributed by atoms with E-state index in [1.807, 2.05) is 0 Å². The van der Waals surface area contributed by atoms with Crippen LogP contribution in [0.5, 0.6) is 0 Å². The summed E-state index contributed by atoms with van der Waals surface area (Å²) in [6, 6.07) is 2.56. The predicted octanol–water partition coefficient (Wildman–Crippen LogP) is 2.31. The lowest BCUT2D eigenvalue weighted by Crippen LogP contribution is -2.49. The van der Waals surface area contributed by atoms with Gasteiger partial charge in [-0.05, 0) is 31.9 Å². The van der Waals surface area contributed by atoms with E-state index in [4.69, 9.17) is 9.16 Å². The molecule has 1 radical (unpaired) electrons. The molecule has 12 heavy (non-hydrogen) atoms. The highest BCUT2D eigenvalue weighted by Crippen LogP contribution is 2.35. The second-order valence-corrected chi connectivity index (χ2v) is 6.15. The maximum atomic E-state index is 5.97. The highest BCUT2D eigenvalue weighted by atomic mass is 28.3. The SMILES string of the molecule is CCC1(C)OC2CCC[Si](C2)O1. The standard InChI is InChI=1S/C9H17O2Si/c1-3-9(2)10-8-5-4-6-12(7-8)11-9/h8H,3-7H2,1-2H3. The van der Waals surface area contributed by atoms with Crippen LogP contribution in [0.1, 0.15) is 33.1 Å². The minimum Gasteiger partial charge on any atom is -0.390 e. The molecule has 2 rings (SSSR count). The summed E-state index contributed by atoms with van der Waals surface area (Å²) in [6.45, 7) is 4.23. The molecule has 0 amide bonds. The van der Waals surface area contributed by atoms with E-state index in [9.17, 15) is 0 Å². The molecule has 2 aliphatic rings. The topological polar surface area (TPSA) is 18.5 Å². The molecular formula is C9H17O2Si. The van der Waals surface area contributed by atoms with Crippen LogP contribution in [0.2, 0.25) is 12.1 Å². The van der Waals surface area contributed by atoms with E-state index >= 15 is 0 Å². The second-order valence-electron chi connectivity index (χ2n) is 3.96. The van der Waals surface area contributed by atoms with Gasteiger partial charge in [-0.1, -0.05) is 13.3 Å². The highest BCUT2D eigenvalue weighted by molar-refractivity contribution is 6.52. The van der Waals surface area contributed by atoms with E-state index in [0.717, 1.165) is 6.42 Å². The van der Waals surface area contributed by atoms with Crippen LogP contribution in [0.4, 0.5) is 0 Å². The molecule has 0 aromatic rings. The van der Waals surface area contributed by atoms with Crippen LogP contribution in [0.15, 0.2) is 0 Å². The van der Waals surface area contributed by atoms with Crippen molar-refractivity contribution in [2.45, 2.75) is 57.1 Å². The zero-order valence-corrected chi connectivity index (χ0v) is 8.93. The molecule has 2 unspecified atom stereocenters. The van der Waals surface area contributed by atoms with Crippen molar-refractivity contribution in [3.05, 3.63) is 0 Å². The fraction of sp³-hybridized carbons (Fsp3) is 1.00. The lowest BCUT2D eigenvalue weighted by molar-refractivity contribution is -0.222. The fourth-order valence-corrected chi connectivity index (χ4v) is 4.60. The minimum atomic E-state index is -0.492. The third-order valence-electron chi connectivity index (χ3n) is 2.86. The van der Waals surface area contributed by atoms with Crippen LogP contribution in [-0.2, 0) is 9.16 Å². The molecule has 2 saturated heterocycles. The van der Waals surface area contributed by atoms with E-state index in [1.54, 1.807) is 0 Å². The molecule has 0 aromatic carbocycles. The Labute approximate surface area is 76.0 Å². The molecular weight excluding hydrogens is 168 g/mol. The van der Waals surface area contributed by atoms with Crippen molar-refractivity contribution >= 4 is 9.04 Å². The summed E-state index contributed by atoms with van der Waals surface area (Å²) < 4.78 is 11.9. The largest absolute Gasteiger partial charge is 0.390 e. The van der Waals surface area contributed by atoms with E-state index in [1.165, 1.54) is 24.9 Å². The minimum absolute atomic E-state index is 0.238. The van der Waals surface area contributed by atoms with E-state index in [2.05, 4.69) is 13.8 Å². The average Bonchev–Trinajstić information content (AvgIpc) is 2.03. The first-order valence-corrected chi connectivity index (χ1v) is 6.75. The molecule has 2 heterocycles. The van der Waals surface area contributed by atoms with Gasteiger partial charge in [-0.25, -0.2) is 0 Å². The van der Waals surface area contributed by atoms with Crippen LogP contribution in [0, 0.1) is 0 Å². The Morgan fingerprint density at radius 2 is 2.42 bits per heavy atom. The van der Waals surface area contributed by atoms with Gasteiger partial charge in [0.15, 0.2) is 5.79 Å². The normalized spacial score (nSPS) is 43.0. The van der Waals surface area contributed by atoms with Gasteiger partial charge < -0.3 is 9.16 Å². The second kappa shape index (κ2) is 3.12. The number of fused-ring (bicyclic) bond motifs is 2. The van der Waals surface area contributed by atoms with Crippen LogP contribution < -0.4 is 0 Å². The number of rotatable bonds is 1. The van der Waals surface area contributed by atoms with Gasteiger partial charge in [-0.2, -0.15) is 0 Å². The van der Waals surface area contributed by atoms with Gasteiger partial charge in [0, 0.05) is 0 Å². The van der Waals surface area contributed by atoms with Crippen molar-refractivity contribution < 1.29 is 9.16 Å². The molecule has 0 aromatic heterocycles. The van der Waals surface area contributed by atoms with E-state index in [0.29, 0.717) is 6.10 Å². The van der Waals surface area contributed by atoms with Crippen molar-refractivity contribution in [1.82, 2.24) is 0 Å². The zero-order valence-electron chi connectivity index (χ0n) is 7.93. The monoisotopic (exact) mass is 185 g/mol. The predicted molar refractivity (Wildman–Crippen MR) is 49.3 cm³/mol. The van der Waals surface area contributed by atoms with Crippen LogP contribution in [0.3, 0.4) is 0 Å². The Hall–Kier alpha value is 0.137. The number of ether oxygens (including phenoxy) is 1. The molecule has 0 aliphatic carbocycles. The summed E-state index contributed by atoms with van der Waals surface area (Å²) in [5, 5.41) is 0. The van der Waals surface area contributed by atoms with Crippen molar-refractivity contribution in [3.63, 3.8) is 0 Å². The van der Waals surface area contributed by atoms with Gasteiger partial charge in [0.2, 0.25) is 9.04 Å². The maximum absolute atomic E-state index is 5.97. The Bertz CT molecular complexity index is 160. The summed E-state index contributed by atoms with van der Waals surface area (Å²) in [7, 11) is -0.492. The smallest absolute Gasteiger partial charge is 0.217 e. The highest BCUT2D eigenvalue weighted by Gasteiger charge is 2.40. The molecule has 69 valence electrons. The molecule has 2 aliphatic heterocycles. The van der Waals surface area contributed by atoms with Crippen molar-refractivity contribution in [1.29, 1.82) is 0 Å². The fourth-order valence-electron chi connectivity index (χ4n) is 2.02. The Balaban J connectivity index is 2.05. The quantitative estimate of drug-likeness (QED) is 0.584. The average molecular weight is 185 g/mol. The van der Waals surface area contributed by atoms with E-state index < -0.39 is 9.04 Å². The Morgan fingerprint density at radius 3 is 3.08 bits per heavy atom. The lowest BCUT2D eigenvalue weighted by atomic mass is 10.2. The van der Waals surface area contributed by atoms with Gasteiger partial charge in [0.25, 0.3) is 0 Å². The molecule has 0 saturated carbocycles. The summed E-state index contributed by atoms with van der Waals surface area (Å²) >= 11 is 0. The number of hydrogen-bond acceptors (Lipinski definition) is 2. The maximum Gasteiger partial charge on any atom is 0.217 e. The van der Waals surface area contributed by atoms with Crippen molar-refractivity contribution in [2.24, 2.45) is 0 Å². The Morgan fingerprint density at radius 1 is 1.58 bits per heavy atom. The molecule has 0 spiro atoms. The third-order valence-corrected chi connectivity index (χ3v) is 5.40. The summed E-state index contributed by atoms with van der Waals surface area (Å²) in [5.41, 5.74) is 0. The summed E-state index contributed by atoms with van der Waals surface area (Å²) in [5.74, 6) is -0.238. The first-order chi connectivity index (χ1) is 5.72. The van der Waals surface area contributed by atoms with Crippen LogP contribution in [-0.4, -0.2) is 20.9 Å². The first-order valence-electron chi connectivity index (χ1n) is 4.93. The van der Waals surface area contributed by atoms with Crippen LogP contribution in [0.25, 0.3) is 0 Å². The third kappa shape index (κ3) is 1.58. The zero-order chi connectivity index (χ0) is 8.60. The Kier molecular flexibility index (Phi) is 2.27. The number of hydrogen-bond donors (Lipinski definition) is 0. The summed E-state index contributed by atoms with van der Waals surface area (Å²) in [4.78, 5) is 0. The van der Waals surface area contributed by atoms with Crippen molar-refractivity contribution in [3.8, 4) is 0 Å². The van der Waals surface area contributed by atoms with Gasteiger partial charge >= 0.3 is 0 Å².